The van der Waals surface area contributed by atoms with Gasteiger partial charge in [0.2, 0.25) is 0 Å². The highest BCUT2D eigenvalue weighted by Gasteiger charge is 2.41. The lowest BCUT2D eigenvalue weighted by Crippen LogP contribution is -3.00. The minimum Gasteiger partial charge on any atom is -1.00 e. The number of halogens is 1. The first-order valence-electron chi connectivity index (χ1n) is 14.2. The third-order valence-corrected chi connectivity index (χ3v) is 9.09. The quantitative estimate of drug-likeness (QED) is 0.0985. The molecule has 0 heterocycles. The van der Waals surface area contributed by atoms with E-state index in [0.717, 1.165) is 56.0 Å². The molecule has 6 heteroatoms. The molecule has 0 aliphatic heterocycles. The number of unbranched alkanes of at least 4 members (excludes halogenated alkanes) is 10. The molecule has 0 aliphatic rings. The smallest absolute Gasteiger partial charge is 0.501 e. The van der Waals surface area contributed by atoms with Gasteiger partial charge in [0, 0.05) is 32.3 Å². The molecule has 0 aromatic rings. The molecule has 0 aromatic heterocycles. The number of hydrogen-bond donors (Lipinski definition) is 0. The second-order valence-electron chi connectivity index (χ2n) is 10.3. The molecule has 0 unspecified atom stereocenters. The van der Waals surface area contributed by atoms with Gasteiger partial charge in [0.15, 0.2) is 0 Å². The summed E-state index contributed by atoms with van der Waals surface area (Å²) in [6, 6.07) is 0.951. The molecule has 0 saturated carbocycles. The molecule has 0 spiro atoms. The van der Waals surface area contributed by atoms with Crippen molar-refractivity contribution in [2.75, 3.05) is 47.0 Å². The number of hydrogen-bond acceptors (Lipinski definition) is 3. The van der Waals surface area contributed by atoms with E-state index in [2.05, 4.69) is 41.8 Å². The molecule has 0 saturated heterocycles. The Morgan fingerprint density at radius 2 is 0.848 bits per heavy atom. The van der Waals surface area contributed by atoms with Gasteiger partial charge in [-0.1, -0.05) is 85.5 Å². The molecule has 202 valence electrons. The third kappa shape index (κ3) is 21.4. The van der Waals surface area contributed by atoms with Crippen LogP contribution >= 0.6 is 0 Å². The van der Waals surface area contributed by atoms with Crippen molar-refractivity contribution >= 4 is 8.80 Å². The highest BCUT2D eigenvalue weighted by atomic mass is 35.5. The predicted molar refractivity (Wildman–Crippen MR) is 142 cm³/mol. The fourth-order valence-corrected chi connectivity index (χ4v) is 6.97. The summed E-state index contributed by atoms with van der Waals surface area (Å²) in [6.07, 6.45) is 19.7. The normalized spacial score (nSPS) is 12.2. The molecule has 0 N–H and O–H groups in total. The molecule has 0 amide bonds. The minimum atomic E-state index is -2.54. The van der Waals surface area contributed by atoms with E-state index in [1.807, 2.05) is 0 Å². The maximum atomic E-state index is 6.26. The maximum absolute atomic E-state index is 6.26. The van der Waals surface area contributed by atoms with E-state index in [9.17, 15) is 0 Å². The molecule has 0 aromatic carbocycles. The molecular formula is C27H60ClNO3Si. The molecule has 0 rings (SSSR count). The van der Waals surface area contributed by atoms with Crippen molar-refractivity contribution in [3.63, 3.8) is 0 Å². The van der Waals surface area contributed by atoms with Gasteiger partial charge in [-0.25, -0.2) is 0 Å². The molecular weight excluding hydrogens is 450 g/mol. The van der Waals surface area contributed by atoms with Crippen molar-refractivity contribution in [2.24, 2.45) is 0 Å². The molecule has 4 nitrogen and oxygen atoms in total. The monoisotopic (exact) mass is 509 g/mol. The van der Waals surface area contributed by atoms with Crippen LogP contribution in [0.4, 0.5) is 0 Å². The van der Waals surface area contributed by atoms with Crippen LogP contribution in [-0.4, -0.2) is 60.3 Å². The molecule has 0 radical (unpaired) electrons. The SMILES string of the molecule is CCCCCCCCCCCCC[N+](C)(C)CCC[Si](OCCC)(OCCC)OCCC.[Cl-]. The van der Waals surface area contributed by atoms with Gasteiger partial charge in [0.1, 0.15) is 0 Å². The maximum Gasteiger partial charge on any atom is 0.501 e. The van der Waals surface area contributed by atoms with Crippen LogP contribution in [-0.2, 0) is 13.3 Å². The van der Waals surface area contributed by atoms with Crippen LogP contribution in [0.2, 0.25) is 6.04 Å². The zero-order valence-electron chi connectivity index (χ0n) is 23.4. The first-order valence-corrected chi connectivity index (χ1v) is 16.1. The first-order chi connectivity index (χ1) is 15.4. The van der Waals surface area contributed by atoms with E-state index >= 15 is 0 Å². The van der Waals surface area contributed by atoms with Crippen molar-refractivity contribution in [3.8, 4) is 0 Å². The summed E-state index contributed by atoms with van der Waals surface area (Å²) in [6.45, 7) is 13.5. The Hall–Kier alpha value is 0.347. The number of nitrogens with zero attached hydrogens (tertiary/aromatic N) is 1. The largest absolute Gasteiger partial charge is 1.00 e. The Labute approximate surface area is 215 Å². The minimum absolute atomic E-state index is 0. The van der Waals surface area contributed by atoms with Gasteiger partial charge in [-0.2, -0.15) is 0 Å². The second-order valence-corrected chi connectivity index (χ2v) is 13.0. The summed E-state index contributed by atoms with van der Waals surface area (Å²) in [7, 11) is 2.23. The van der Waals surface area contributed by atoms with Gasteiger partial charge in [-0.05, 0) is 32.1 Å². The molecule has 0 atom stereocenters. The molecule has 0 aliphatic carbocycles. The zero-order valence-corrected chi connectivity index (χ0v) is 25.2. The fraction of sp³-hybridized carbons (Fsp3) is 1.00. The number of rotatable bonds is 25. The van der Waals surface area contributed by atoms with E-state index in [4.69, 9.17) is 13.3 Å². The van der Waals surface area contributed by atoms with E-state index in [1.165, 1.54) is 83.7 Å². The lowest BCUT2D eigenvalue weighted by atomic mass is 10.1. The lowest BCUT2D eigenvalue weighted by molar-refractivity contribution is -0.890. The van der Waals surface area contributed by atoms with Crippen LogP contribution in [0.25, 0.3) is 0 Å². The van der Waals surface area contributed by atoms with Crippen LogP contribution < -0.4 is 12.4 Å². The summed E-state index contributed by atoms with van der Waals surface area (Å²) in [5, 5.41) is 0. The van der Waals surface area contributed by atoms with Gasteiger partial charge in [-0.15, -0.1) is 0 Å². The van der Waals surface area contributed by atoms with E-state index in [1.54, 1.807) is 0 Å². The van der Waals surface area contributed by atoms with Crippen LogP contribution in [0.15, 0.2) is 0 Å². The Balaban J connectivity index is 0. The zero-order chi connectivity index (χ0) is 24.0. The predicted octanol–water partition coefficient (Wildman–Crippen LogP) is 4.99. The van der Waals surface area contributed by atoms with Crippen molar-refractivity contribution in [2.45, 2.75) is 130 Å². The Morgan fingerprint density at radius 1 is 0.485 bits per heavy atom. The lowest BCUT2D eigenvalue weighted by Gasteiger charge is -2.33. The Bertz CT molecular complexity index is 378. The summed E-state index contributed by atoms with van der Waals surface area (Å²) >= 11 is 0. The highest BCUT2D eigenvalue weighted by molar-refractivity contribution is 6.60. The van der Waals surface area contributed by atoms with Gasteiger partial charge in [-0.3, -0.25) is 0 Å². The van der Waals surface area contributed by atoms with Gasteiger partial charge >= 0.3 is 8.80 Å². The van der Waals surface area contributed by atoms with E-state index in [-0.39, 0.29) is 12.4 Å². The van der Waals surface area contributed by atoms with Crippen molar-refractivity contribution in [3.05, 3.63) is 0 Å². The topological polar surface area (TPSA) is 27.7 Å². The Kier molecular flexibility index (Phi) is 25.9. The van der Waals surface area contributed by atoms with Crippen LogP contribution in [0, 0.1) is 0 Å². The van der Waals surface area contributed by atoms with E-state index in [0.29, 0.717) is 0 Å². The van der Waals surface area contributed by atoms with Crippen molar-refractivity contribution in [1.29, 1.82) is 0 Å². The summed E-state index contributed by atoms with van der Waals surface area (Å²) in [5.74, 6) is 0. The Morgan fingerprint density at radius 3 is 1.24 bits per heavy atom. The summed E-state index contributed by atoms with van der Waals surface area (Å²) < 4.78 is 19.9. The first kappa shape index (κ1) is 35.5. The average molecular weight is 510 g/mol. The summed E-state index contributed by atoms with van der Waals surface area (Å²) in [4.78, 5) is 0. The van der Waals surface area contributed by atoms with E-state index < -0.39 is 8.80 Å². The van der Waals surface area contributed by atoms with Crippen molar-refractivity contribution in [1.82, 2.24) is 0 Å². The molecule has 0 fully saturated rings. The summed E-state index contributed by atoms with van der Waals surface area (Å²) in [5.41, 5.74) is 0. The van der Waals surface area contributed by atoms with Gasteiger partial charge in [0.25, 0.3) is 0 Å². The van der Waals surface area contributed by atoms with Crippen molar-refractivity contribution < 1.29 is 30.2 Å². The van der Waals surface area contributed by atoms with Crippen LogP contribution in [0.5, 0.6) is 0 Å². The van der Waals surface area contributed by atoms with Crippen LogP contribution in [0.1, 0.15) is 124 Å². The van der Waals surface area contributed by atoms with Gasteiger partial charge in [0.05, 0.1) is 27.2 Å². The standard InChI is InChI=1S/C27H60NO3Si.ClH/c1-7-11-12-13-14-15-16-17-18-19-20-22-28(5,6)23-21-27-32(29-24-8-2,30-25-9-3)31-26-10-4;/h7-27H2,1-6H3;1H/q+1;/p-1. The number of quaternary nitrogens is 1. The third-order valence-electron chi connectivity index (χ3n) is 6.19. The highest BCUT2D eigenvalue weighted by Crippen LogP contribution is 2.21. The average Bonchev–Trinajstić information content (AvgIpc) is 2.78. The second kappa shape index (κ2) is 24.1. The van der Waals surface area contributed by atoms with Gasteiger partial charge < -0.3 is 30.2 Å². The molecule has 0 bridgehead atoms. The fourth-order valence-electron chi connectivity index (χ4n) is 4.15. The molecule has 33 heavy (non-hydrogen) atoms. The van der Waals surface area contributed by atoms with Crippen LogP contribution in [0.3, 0.4) is 0 Å².